The molecule has 0 aliphatic heterocycles. The monoisotopic (exact) mass is 726 g/mol. The van der Waals surface area contributed by atoms with Crippen molar-refractivity contribution in [2.75, 3.05) is 12.0 Å². The van der Waals surface area contributed by atoms with Gasteiger partial charge in [0.25, 0.3) is 0 Å². The van der Waals surface area contributed by atoms with Crippen molar-refractivity contribution in [1.29, 1.82) is 0 Å². The van der Waals surface area contributed by atoms with Gasteiger partial charge in [-0.3, -0.25) is 24.0 Å². The lowest BCUT2D eigenvalue weighted by molar-refractivity contribution is -0.142. The fraction of sp³-hybridized carbons (Fsp3) is 0.364. The highest BCUT2D eigenvalue weighted by Gasteiger charge is 2.32. The molecule has 5 atom stereocenters. The van der Waals surface area contributed by atoms with Gasteiger partial charge in [-0.15, -0.1) is 0 Å². The van der Waals surface area contributed by atoms with Gasteiger partial charge in [-0.1, -0.05) is 24.3 Å². The van der Waals surface area contributed by atoms with Gasteiger partial charge in [-0.2, -0.15) is 11.8 Å². The molecule has 18 heteroatoms. The third-order valence-electron chi connectivity index (χ3n) is 7.61. The Balaban J connectivity index is 1.88. The zero-order chi connectivity index (χ0) is 37.5. The van der Waals surface area contributed by atoms with E-state index in [0.29, 0.717) is 22.6 Å². The number of hydrogen-bond donors (Lipinski definition) is 10. The normalized spacial score (nSPS) is 13.8. The van der Waals surface area contributed by atoms with Crippen LogP contribution in [0.4, 0.5) is 0 Å². The molecule has 3 rings (SSSR count). The highest BCUT2D eigenvalue weighted by molar-refractivity contribution is 7.98. The van der Waals surface area contributed by atoms with E-state index < -0.39 is 72.1 Å². The van der Waals surface area contributed by atoms with E-state index in [-0.39, 0.29) is 37.2 Å². The number of aliphatic carboxylic acids is 1. The lowest BCUT2D eigenvalue weighted by Gasteiger charge is -2.26. The Labute approximate surface area is 297 Å². The van der Waals surface area contributed by atoms with Gasteiger partial charge in [0.2, 0.25) is 29.5 Å². The number of aromatic nitrogens is 2. The molecular formula is C33H42N8O9S. The molecule has 274 valence electrons. The second-order valence-electron chi connectivity index (χ2n) is 11.7. The number of amides is 5. The Bertz CT molecular complexity index is 1640. The van der Waals surface area contributed by atoms with Crippen LogP contribution >= 0.6 is 11.8 Å². The summed E-state index contributed by atoms with van der Waals surface area (Å²) in [6, 6.07) is 5.08. The number of thioether (sulfide) groups is 1. The number of carbonyl (C=O) groups is 6. The minimum atomic E-state index is -1.37. The first-order chi connectivity index (χ1) is 24.2. The molecule has 0 unspecified atom stereocenters. The third-order valence-corrected chi connectivity index (χ3v) is 8.26. The van der Waals surface area contributed by atoms with Crippen LogP contribution in [0.5, 0.6) is 11.5 Å². The first kappa shape index (κ1) is 39.8. The van der Waals surface area contributed by atoms with E-state index in [1.165, 1.54) is 72.8 Å². The van der Waals surface area contributed by atoms with Crippen molar-refractivity contribution in [3.05, 3.63) is 77.9 Å². The van der Waals surface area contributed by atoms with Gasteiger partial charge in [0.1, 0.15) is 35.7 Å². The van der Waals surface area contributed by atoms with Crippen molar-refractivity contribution in [2.24, 2.45) is 11.5 Å². The molecule has 12 N–H and O–H groups in total. The molecule has 0 spiro atoms. The Morgan fingerprint density at radius 3 is 1.67 bits per heavy atom. The highest BCUT2D eigenvalue weighted by atomic mass is 32.2. The Morgan fingerprint density at radius 1 is 0.745 bits per heavy atom. The Morgan fingerprint density at radius 2 is 1.22 bits per heavy atom. The molecule has 3 aromatic rings. The smallest absolute Gasteiger partial charge is 0.326 e. The zero-order valence-corrected chi connectivity index (χ0v) is 28.5. The third kappa shape index (κ3) is 13.3. The summed E-state index contributed by atoms with van der Waals surface area (Å²) in [6.07, 6.45) is 3.89. The number of phenolic OH excluding ortho intramolecular Hbond substituents is 2. The second-order valence-corrected chi connectivity index (χ2v) is 12.6. The van der Waals surface area contributed by atoms with Gasteiger partial charge in [-0.25, -0.2) is 9.78 Å². The van der Waals surface area contributed by atoms with E-state index in [1.54, 1.807) is 6.26 Å². The lowest BCUT2D eigenvalue weighted by Crippen LogP contribution is -2.59. The predicted octanol–water partition coefficient (Wildman–Crippen LogP) is -1.17. The molecule has 0 radical (unpaired) electrons. The molecule has 0 aliphatic carbocycles. The molecular weight excluding hydrogens is 684 g/mol. The van der Waals surface area contributed by atoms with E-state index in [9.17, 15) is 44.1 Å². The summed E-state index contributed by atoms with van der Waals surface area (Å²) in [5.74, 6) is -5.03. The van der Waals surface area contributed by atoms with Crippen LogP contribution in [-0.2, 0) is 48.0 Å². The number of hydrogen-bond acceptors (Lipinski definition) is 11. The second kappa shape index (κ2) is 19.5. The minimum absolute atomic E-state index is 0.0334. The summed E-state index contributed by atoms with van der Waals surface area (Å²) in [5, 5.41) is 39.5. The van der Waals surface area contributed by atoms with Crippen LogP contribution in [0.25, 0.3) is 0 Å². The fourth-order valence-electron chi connectivity index (χ4n) is 4.88. The molecule has 17 nitrogen and oxygen atoms in total. The Kier molecular flexibility index (Phi) is 15.3. The van der Waals surface area contributed by atoms with Crippen molar-refractivity contribution in [2.45, 2.75) is 62.3 Å². The summed E-state index contributed by atoms with van der Waals surface area (Å²) in [4.78, 5) is 84.0. The molecule has 2 aromatic carbocycles. The fourth-order valence-corrected chi connectivity index (χ4v) is 5.35. The van der Waals surface area contributed by atoms with Gasteiger partial charge in [0.05, 0.1) is 18.8 Å². The number of benzene rings is 2. The average molecular weight is 727 g/mol. The largest absolute Gasteiger partial charge is 0.508 e. The number of carbonyl (C=O) groups excluding carboxylic acids is 5. The summed E-state index contributed by atoms with van der Waals surface area (Å²) < 4.78 is 0. The lowest BCUT2D eigenvalue weighted by atomic mass is 10.0. The summed E-state index contributed by atoms with van der Waals surface area (Å²) in [7, 11) is 0. The van der Waals surface area contributed by atoms with E-state index in [2.05, 4.69) is 31.2 Å². The van der Waals surface area contributed by atoms with Gasteiger partial charge in [0, 0.05) is 31.2 Å². The molecule has 1 aromatic heterocycles. The molecule has 0 aliphatic rings. The zero-order valence-electron chi connectivity index (χ0n) is 27.7. The number of carboxylic acids is 1. The van der Waals surface area contributed by atoms with E-state index in [1.807, 2.05) is 0 Å². The van der Waals surface area contributed by atoms with Crippen molar-refractivity contribution in [3.63, 3.8) is 0 Å². The standard InChI is InChI=1S/C33H42N8O9S/c1-51-11-10-24(30(46)41-27(33(49)50)14-20-16-36-17-37-20)38-31(47)26(13-19-4-8-22(43)9-5-19)40-32(48)25(12-18-2-6-21(42)7-3-18)39-29(45)23(34)15-28(35)44/h2-9,16-17,23-27,42-43H,10-15,34H2,1H3,(H2,35,44)(H,36,37)(H,38,47)(H,39,45)(H,40,48)(H,41,46)(H,49,50)/t23-,24-,25-,26-,27-/m0/s1. The van der Waals surface area contributed by atoms with Crippen LogP contribution in [-0.4, -0.2) is 103 Å². The predicted molar refractivity (Wildman–Crippen MR) is 186 cm³/mol. The summed E-state index contributed by atoms with van der Waals surface area (Å²) in [6.45, 7) is 0. The summed E-state index contributed by atoms with van der Waals surface area (Å²) >= 11 is 1.39. The maximum atomic E-state index is 13.9. The SMILES string of the molecule is CSCC[C@H](NC(=O)[C@H](Cc1ccc(O)cc1)NC(=O)[C@H](Cc1ccc(O)cc1)NC(=O)[C@@H](N)CC(N)=O)C(=O)N[C@@H](Cc1cnc[nH]1)C(=O)O. The van der Waals surface area contributed by atoms with Crippen LogP contribution in [0, 0.1) is 0 Å². The van der Waals surface area contributed by atoms with Gasteiger partial charge < -0.3 is 53.0 Å². The van der Waals surface area contributed by atoms with Crippen LogP contribution < -0.4 is 32.7 Å². The van der Waals surface area contributed by atoms with Crippen LogP contribution in [0.3, 0.4) is 0 Å². The molecule has 51 heavy (non-hydrogen) atoms. The molecule has 0 saturated carbocycles. The number of imidazole rings is 1. The van der Waals surface area contributed by atoms with Gasteiger partial charge in [-0.05, 0) is 53.8 Å². The van der Waals surface area contributed by atoms with Crippen molar-refractivity contribution < 1.29 is 44.1 Å². The molecule has 5 amide bonds. The number of nitrogens with zero attached hydrogens (tertiary/aromatic N) is 1. The number of aromatic hydroxyl groups is 2. The number of aromatic amines is 1. The van der Waals surface area contributed by atoms with Gasteiger partial charge >= 0.3 is 5.97 Å². The number of nitrogens with one attached hydrogen (secondary N) is 5. The number of primary amides is 1. The summed E-state index contributed by atoms with van der Waals surface area (Å²) in [5.41, 5.74) is 12.5. The number of phenols is 2. The highest BCUT2D eigenvalue weighted by Crippen LogP contribution is 2.14. The topological polar surface area (TPSA) is 292 Å². The first-order valence-corrected chi connectivity index (χ1v) is 17.1. The van der Waals surface area contributed by atoms with E-state index >= 15 is 0 Å². The van der Waals surface area contributed by atoms with Crippen molar-refractivity contribution >= 4 is 47.3 Å². The van der Waals surface area contributed by atoms with E-state index in [4.69, 9.17) is 11.5 Å². The first-order valence-electron chi connectivity index (χ1n) is 15.8. The minimum Gasteiger partial charge on any atom is -0.508 e. The van der Waals surface area contributed by atoms with Crippen LogP contribution in [0.15, 0.2) is 61.1 Å². The molecule has 0 fully saturated rings. The van der Waals surface area contributed by atoms with Crippen molar-refractivity contribution in [1.82, 2.24) is 31.2 Å². The molecule has 0 bridgehead atoms. The number of nitrogens with two attached hydrogens (primary N) is 2. The van der Waals surface area contributed by atoms with Gasteiger partial charge in [0.15, 0.2) is 0 Å². The van der Waals surface area contributed by atoms with Crippen LogP contribution in [0.1, 0.15) is 29.7 Å². The Hall–Kier alpha value is -5.62. The van der Waals surface area contributed by atoms with E-state index in [0.717, 1.165) is 0 Å². The quantitative estimate of drug-likeness (QED) is 0.0659. The average Bonchev–Trinajstić information content (AvgIpc) is 3.60. The maximum Gasteiger partial charge on any atom is 0.326 e. The molecule has 1 heterocycles. The van der Waals surface area contributed by atoms with Crippen molar-refractivity contribution in [3.8, 4) is 11.5 Å². The number of carboxylic acid groups (broad SMARTS) is 1. The molecule has 0 saturated heterocycles. The maximum absolute atomic E-state index is 13.9. The number of rotatable bonds is 20. The number of H-pyrrole nitrogens is 1. The van der Waals surface area contributed by atoms with Crippen LogP contribution in [0.2, 0.25) is 0 Å².